The Balaban J connectivity index is 2.01. The van der Waals surface area contributed by atoms with Crippen molar-refractivity contribution in [3.05, 3.63) is 45.9 Å². The fourth-order valence-corrected chi connectivity index (χ4v) is 2.20. The van der Waals surface area contributed by atoms with Gasteiger partial charge in [0.1, 0.15) is 0 Å². The van der Waals surface area contributed by atoms with E-state index in [1.54, 1.807) is 30.8 Å². The van der Waals surface area contributed by atoms with Gasteiger partial charge in [-0.2, -0.15) is 0 Å². The van der Waals surface area contributed by atoms with Crippen LogP contribution in [0.15, 0.2) is 29.9 Å². The molecular weight excluding hydrogens is 278 g/mol. The van der Waals surface area contributed by atoms with Crippen molar-refractivity contribution in [2.45, 2.75) is 13.5 Å². The van der Waals surface area contributed by atoms with Crippen LogP contribution < -0.4 is 10.6 Å². The predicted molar refractivity (Wildman–Crippen MR) is 76.1 cm³/mol. The van der Waals surface area contributed by atoms with E-state index in [0.717, 1.165) is 4.88 Å². The molecule has 1 aromatic carbocycles. The quantitative estimate of drug-likeness (QED) is 0.807. The van der Waals surface area contributed by atoms with Crippen molar-refractivity contribution in [3.8, 4) is 0 Å². The van der Waals surface area contributed by atoms with Gasteiger partial charge in [0.15, 0.2) is 0 Å². The number of hydrogen-bond acceptors (Lipinski definition) is 4. The number of nitrogens with one attached hydrogen (secondary N) is 2. The number of amides is 2. The molecule has 0 radical (unpaired) electrons. The summed E-state index contributed by atoms with van der Waals surface area (Å²) in [6.07, 6.45) is 1.68. The molecule has 20 heavy (non-hydrogen) atoms. The average molecular weight is 291 g/mol. The number of benzene rings is 1. The number of carboxylic acids is 1. The zero-order valence-corrected chi connectivity index (χ0v) is 11.5. The summed E-state index contributed by atoms with van der Waals surface area (Å²) in [6, 6.07) is 4.37. The lowest BCUT2D eigenvalue weighted by Gasteiger charge is -2.11. The van der Waals surface area contributed by atoms with Gasteiger partial charge in [0.05, 0.1) is 17.6 Å². The third-order valence-corrected chi connectivity index (χ3v) is 3.50. The summed E-state index contributed by atoms with van der Waals surface area (Å²) in [5.41, 5.74) is 2.86. The van der Waals surface area contributed by atoms with Crippen molar-refractivity contribution in [2.75, 3.05) is 5.32 Å². The van der Waals surface area contributed by atoms with Crippen molar-refractivity contribution in [1.29, 1.82) is 0 Å². The molecule has 0 saturated carbocycles. The number of carboxylic acid groups (broad SMARTS) is 1. The van der Waals surface area contributed by atoms with Crippen molar-refractivity contribution >= 4 is 29.0 Å². The van der Waals surface area contributed by atoms with Gasteiger partial charge in [-0.05, 0) is 24.6 Å². The molecule has 0 atom stereocenters. The van der Waals surface area contributed by atoms with Crippen molar-refractivity contribution in [1.82, 2.24) is 10.3 Å². The molecular formula is C13H13N3O3S. The first kappa shape index (κ1) is 14.0. The number of hydrogen-bond donors (Lipinski definition) is 3. The summed E-state index contributed by atoms with van der Waals surface area (Å²) in [5, 5.41) is 14.3. The zero-order chi connectivity index (χ0) is 14.5. The van der Waals surface area contributed by atoms with Gasteiger partial charge in [0, 0.05) is 16.8 Å². The largest absolute Gasteiger partial charge is 0.478 e. The van der Waals surface area contributed by atoms with E-state index in [1.165, 1.54) is 17.4 Å². The number of anilines is 1. The van der Waals surface area contributed by atoms with E-state index in [4.69, 9.17) is 5.11 Å². The van der Waals surface area contributed by atoms with E-state index in [1.807, 2.05) is 0 Å². The minimum absolute atomic E-state index is 0.172. The molecule has 0 aliphatic carbocycles. The second kappa shape index (κ2) is 6.16. The van der Waals surface area contributed by atoms with Crippen LogP contribution in [0.2, 0.25) is 0 Å². The molecule has 1 heterocycles. The van der Waals surface area contributed by atoms with Crippen molar-refractivity contribution in [2.24, 2.45) is 0 Å². The van der Waals surface area contributed by atoms with E-state index in [0.29, 0.717) is 17.8 Å². The first-order chi connectivity index (χ1) is 9.58. The fourth-order valence-electron chi connectivity index (χ4n) is 1.67. The van der Waals surface area contributed by atoms with Crippen LogP contribution in [0.25, 0.3) is 0 Å². The highest BCUT2D eigenvalue weighted by Gasteiger charge is 2.11. The summed E-state index contributed by atoms with van der Waals surface area (Å²) >= 11 is 1.45. The first-order valence-corrected chi connectivity index (χ1v) is 6.71. The molecule has 2 amide bonds. The Morgan fingerprint density at radius 3 is 2.85 bits per heavy atom. The number of aromatic nitrogens is 1. The van der Waals surface area contributed by atoms with E-state index >= 15 is 0 Å². The van der Waals surface area contributed by atoms with Gasteiger partial charge in [-0.15, -0.1) is 11.3 Å². The van der Waals surface area contributed by atoms with E-state index in [9.17, 15) is 9.59 Å². The fraction of sp³-hybridized carbons (Fsp3) is 0.154. The monoisotopic (exact) mass is 291 g/mol. The lowest BCUT2D eigenvalue weighted by Crippen LogP contribution is -2.28. The minimum atomic E-state index is -1.02. The van der Waals surface area contributed by atoms with E-state index in [2.05, 4.69) is 15.6 Å². The van der Waals surface area contributed by atoms with Crippen molar-refractivity contribution < 1.29 is 14.7 Å². The second-order valence-corrected chi connectivity index (χ2v) is 5.03. The lowest BCUT2D eigenvalue weighted by atomic mass is 10.1. The van der Waals surface area contributed by atoms with Gasteiger partial charge >= 0.3 is 12.0 Å². The van der Waals surface area contributed by atoms with E-state index < -0.39 is 5.97 Å². The van der Waals surface area contributed by atoms with Gasteiger partial charge in [0.25, 0.3) is 0 Å². The number of thiazole rings is 1. The molecule has 6 nitrogen and oxygen atoms in total. The van der Waals surface area contributed by atoms with Gasteiger partial charge in [-0.25, -0.2) is 9.59 Å². The normalized spacial score (nSPS) is 10.1. The maximum Gasteiger partial charge on any atom is 0.336 e. The van der Waals surface area contributed by atoms with Crippen LogP contribution in [-0.4, -0.2) is 22.1 Å². The SMILES string of the molecule is Cc1c(NC(=O)NCc2cncs2)cccc1C(=O)O. The molecule has 1 aromatic heterocycles. The minimum Gasteiger partial charge on any atom is -0.478 e. The van der Waals surface area contributed by atoms with Crippen LogP contribution in [0, 0.1) is 6.92 Å². The van der Waals surface area contributed by atoms with Crippen molar-refractivity contribution in [3.63, 3.8) is 0 Å². The molecule has 0 aliphatic rings. The van der Waals surface area contributed by atoms with Gasteiger partial charge < -0.3 is 15.7 Å². The standard InChI is InChI=1S/C13H13N3O3S/c1-8-10(12(17)18)3-2-4-11(8)16-13(19)15-6-9-5-14-7-20-9/h2-5,7H,6H2,1H3,(H,17,18)(H2,15,16,19). The van der Waals surface area contributed by atoms with Crippen LogP contribution >= 0.6 is 11.3 Å². The molecule has 0 unspecified atom stereocenters. The van der Waals surface area contributed by atoms with E-state index in [-0.39, 0.29) is 11.6 Å². The summed E-state index contributed by atoms with van der Waals surface area (Å²) in [6.45, 7) is 2.04. The molecule has 0 bridgehead atoms. The lowest BCUT2D eigenvalue weighted by molar-refractivity contribution is 0.0696. The maximum atomic E-state index is 11.8. The molecule has 104 valence electrons. The Hall–Kier alpha value is -2.41. The molecule has 0 aliphatic heterocycles. The first-order valence-electron chi connectivity index (χ1n) is 5.83. The van der Waals surface area contributed by atoms with Crippen LogP contribution in [-0.2, 0) is 6.54 Å². The average Bonchev–Trinajstić information content (AvgIpc) is 2.91. The van der Waals surface area contributed by atoms with Crippen LogP contribution in [0.4, 0.5) is 10.5 Å². The molecule has 2 rings (SSSR count). The third-order valence-electron chi connectivity index (χ3n) is 2.72. The third kappa shape index (κ3) is 3.33. The number of aromatic carboxylic acids is 1. The Labute approximate surface area is 119 Å². The molecule has 2 aromatic rings. The highest BCUT2D eigenvalue weighted by Crippen LogP contribution is 2.18. The number of urea groups is 1. The number of nitrogens with zero attached hydrogens (tertiary/aromatic N) is 1. The number of rotatable bonds is 4. The predicted octanol–water partition coefficient (Wildman–Crippen LogP) is 2.47. The number of carbonyl (C=O) groups excluding carboxylic acids is 1. The molecule has 7 heteroatoms. The van der Waals surface area contributed by atoms with Crippen LogP contribution in [0.3, 0.4) is 0 Å². The van der Waals surface area contributed by atoms with Gasteiger partial charge in [-0.1, -0.05) is 6.07 Å². The Bertz CT molecular complexity index is 626. The highest BCUT2D eigenvalue weighted by molar-refractivity contribution is 7.09. The Morgan fingerprint density at radius 2 is 2.20 bits per heavy atom. The maximum absolute atomic E-state index is 11.8. The summed E-state index contributed by atoms with van der Waals surface area (Å²) in [7, 11) is 0. The van der Waals surface area contributed by atoms with Crippen LogP contribution in [0.1, 0.15) is 20.8 Å². The Kier molecular flexibility index (Phi) is 4.31. The van der Waals surface area contributed by atoms with Gasteiger partial charge in [0.2, 0.25) is 0 Å². The highest BCUT2D eigenvalue weighted by atomic mass is 32.1. The number of carbonyl (C=O) groups is 2. The van der Waals surface area contributed by atoms with Gasteiger partial charge in [-0.3, -0.25) is 4.98 Å². The Morgan fingerprint density at radius 1 is 1.40 bits per heavy atom. The van der Waals surface area contributed by atoms with Crippen LogP contribution in [0.5, 0.6) is 0 Å². The summed E-state index contributed by atoms with van der Waals surface area (Å²) < 4.78 is 0. The second-order valence-electron chi connectivity index (χ2n) is 4.06. The zero-order valence-electron chi connectivity index (χ0n) is 10.7. The summed E-state index contributed by atoms with van der Waals surface area (Å²) in [4.78, 5) is 27.6. The molecule has 0 saturated heterocycles. The molecule has 0 fully saturated rings. The smallest absolute Gasteiger partial charge is 0.336 e. The topological polar surface area (TPSA) is 91.3 Å². The molecule has 0 spiro atoms. The summed E-state index contributed by atoms with van der Waals surface area (Å²) in [5.74, 6) is -1.02. The molecule has 3 N–H and O–H groups in total.